The van der Waals surface area contributed by atoms with Gasteiger partial charge in [-0.1, -0.05) is 29.8 Å². The van der Waals surface area contributed by atoms with Crippen LogP contribution in [0.2, 0.25) is 5.02 Å². The van der Waals surface area contributed by atoms with Gasteiger partial charge in [-0.3, -0.25) is 4.79 Å². The summed E-state index contributed by atoms with van der Waals surface area (Å²) in [5, 5.41) is 0.539. The van der Waals surface area contributed by atoms with E-state index in [4.69, 9.17) is 11.6 Å². The van der Waals surface area contributed by atoms with Crippen LogP contribution in [0.15, 0.2) is 46.9 Å². The Morgan fingerprint density at radius 3 is 2.55 bits per heavy atom. The second-order valence-electron chi connectivity index (χ2n) is 4.46. The lowest BCUT2D eigenvalue weighted by molar-refractivity contribution is 0.0988. The van der Waals surface area contributed by atoms with Gasteiger partial charge in [0, 0.05) is 22.3 Å². The molecule has 20 heavy (non-hydrogen) atoms. The maximum absolute atomic E-state index is 12.6. The minimum Gasteiger partial charge on any atom is -0.308 e. The molecule has 0 saturated carbocycles. The van der Waals surface area contributed by atoms with Crippen LogP contribution in [0.3, 0.4) is 0 Å². The molecule has 0 bridgehead atoms. The number of nitrogens with zero attached hydrogens (tertiary/aromatic N) is 1. The number of carbonyl (C=O) groups excluding carboxylic acids is 1. The first-order chi connectivity index (χ1) is 9.54. The minimum absolute atomic E-state index is 0.0452. The number of rotatable bonds is 3. The van der Waals surface area contributed by atoms with Gasteiger partial charge in [0.05, 0.1) is 5.02 Å². The third kappa shape index (κ3) is 3.05. The van der Waals surface area contributed by atoms with Crippen molar-refractivity contribution in [3.05, 3.63) is 63.1 Å². The SMILES string of the molecule is CCN(C(=O)c1ccc(Br)c(Cl)c1)c1ccccc1C. The number of benzene rings is 2. The fourth-order valence-electron chi connectivity index (χ4n) is 2.07. The molecular formula is C16H15BrClNO. The number of para-hydroxylation sites is 1. The molecule has 0 aliphatic heterocycles. The second kappa shape index (κ2) is 6.42. The molecule has 0 fully saturated rings. The molecule has 0 saturated heterocycles. The number of amides is 1. The number of hydrogen-bond donors (Lipinski definition) is 0. The summed E-state index contributed by atoms with van der Waals surface area (Å²) in [4.78, 5) is 14.4. The van der Waals surface area contributed by atoms with E-state index in [9.17, 15) is 4.79 Å². The summed E-state index contributed by atoms with van der Waals surface area (Å²) in [6, 6.07) is 13.1. The van der Waals surface area contributed by atoms with E-state index in [1.54, 1.807) is 23.1 Å². The molecule has 0 unspecified atom stereocenters. The molecule has 1 amide bonds. The Morgan fingerprint density at radius 1 is 1.25 bits per heavy atom. The predicted molar refractivity (Wildman–Crippen MR) is 87.7 cm³/mol. The molecule has 0 aliphatic carbocycles. The van der Waals surface area contributed by atoms with Gasteiger partial charge in [0.1, 0.15) is 0 Å². The summed E-state index contributed by atoms with van der Waals surface area (Å²) in [6.45, 7) is 4.57. The summed E-state index contributed by atoms with van der Waals surface area (Å²) in [6.07, 6.45) is 0. The van der Waals surface area contributed by atoms with Gasteiger partial charge in [-0.25, -0.2) is 0 Å². The number of hydrogen-bond acceptors (Lipinski definition) is 1. The minimum atomic E-state index is -0.0452. The average molecular weight is 353 g/mol. The van der Waals surface area contributed by atoms with Crippen LogP contribution in [-0.4, -0.2) is 12.5 Å². The van der Waals surface area contributed by atoms with Gasteiger partial charge < -0.3 is 4.90 Å². The monoisotopic (exact) mass is 351 g/mol. The molecule has 4 heteroatoms. The normalized spacial score (nSPS) is 10.4. The van der Waals surface area contributed by atoms with Gasteiger partial charge in [0.2, 0.25) is 0 Å². The van der Waals surface area contributed by atoms with Crippen LogP contribution in [0.4, 0.5) is 5.69 Å². The zero-order chi connectivity index (χ0) is 14.7. The maximum atomic E-state index is 12.6. The summed E-state index contributed by atoms with van der Waals surface area (Å²) in [5.41, 5.74) is 2.59. The van der Waals surface area contributed by atoms with Gasteiger partial charge in [0.15, 0.2) is 0 Å². The van der Waals surface area contributed by atoms with Crippen molar-refractivity contribution in [2.75, 3.05) is 11.4 Å². The van der Waals surface area contributed by atoms with Crippen LogP contribution in [-0.2, 0) is 0 Å². The Morgan fingerprint density at radius 2 is 1.95 bits per heavy atom. The van der Waals surface area contributed by atoms with Crippen LogP contribution in [0.5, 0.6) is 0 Å². The summed E-state index contributed by atoms with van der Waals surface area (Å²) >= 11 is 9.40. The van der Waals surface area contributed by atoms with E-state index in [1.165, 1.54) is 0 Å². The van der Waals surface area contributed by atoms with Crippen molar-refractivity contribution in [3.8, 4) is 0 Å². The van der Waals surface area contributed by atoms with E-state index in [1.807, 2.05) is 38.1 Å². The molecule has 2 aromatic rings. The van der Waals surface area contributed by atoms with Crippen molar-refractivity contribution in [2.45, 2.75) is 13.8 Å². The molecule has 0 aliphatic rings. The Bertz CT molecular complexity index is 642. The van der Waals surface area contributed by atoms with Gasteiger partial charge in [-0.05, 0) is 59.6 Å². The topological polar surface area (TPSA) is 20.3 Å². The van der Waals surface area contributed by atoms with Gasteiger partial charge in [-0.2, -0.15) is 0 Å². The first-order valence-electron chi connectivity index (χ1n) is 6.37. The smallest absolute Gasteiger partial charge is 0.258 e. The van der Waals surface area contributed by atoms with Crippen molar-refractivity contribution in [2.24, 2.45) is 0 Å². The van der Waals surface area contributed by atoms with E-state index in [0.29, 0.717) is 17.1 Å². The fraction of sp³-hybridized carbons (Fsp3) is 0.188. The fourth-order valence-corrected chi connectivity index (χ4v) is 2.50. The van der Waals surface area contributed by atoms with Gasteiger partial charge in [0.25, 0.3) is 5.91 Å². The van der Waals surface area contributed by atoms with Gasteiger partial charge in [-0.15, -0.1) is 0 Å². The lowest BCUT2D eigenvalue weighted by atomic mass is 10.1. The Kier molecular flexibility index (Phi) is 4.84. The van der Waals surface area contributed by atoms with Crippen LogP contribution < -0.4 is 4.90 Å². The molecule has 0 aromatic heterocycles. The molecule has 0 heterocycles. The third-order valence-electron chi connectivity index (χ3n) is 3.13. The molecule has 2 nitrogen and oxygen atoms in total. The van der Waals surface area contributed by atoms with Crippen LogP contribution in [0.25, 0.3) is 0 Å². The van der Waals surface area contributed by atoms with Crippen LogP contribution in [0, 0.1) is 6.92 Å². The molecule has 0 atom stereocenters. The van der Waals surface area contributed by atoms with E-state index in [-0.39, 0.29) is 5.91 Å². The number of halogens is 2. The molecule has 104 valence electrons. The zero-order valence-corrected chi connectivity index (χ0v) is 13.7. The first-order valence-corrected chi connectivity index (χ1v) is 7.54. The van der Waals surface area contributed by atoms with E-state index < -0.39 is 0 Å². The highest BCUT2D eigenvalue weighted by Gasteiger charge is 2.18. The Labute approximate surface area is 132 Å². The molecule has 0 spiro atoms. The summed E-state index contributed by atoms with van der Waals surface area (Å²) in [5.74, 6) is -0.0452. The summed E-state index contributed by atoms with van der Waals surface area (Å²) in [7, 11) is 0. The Balaban J connectivity index is 2.39. The number of anilines is 1. The number of aryl methyl sites for hydroxylation is 1. The molecule has 0 radical (unpaired) electrons. The second-order valence-corrected chi connectivity index (χ2v) is 5.73. The lowest BCUT2D eigenvalue weighted by Crippen LogP contribution is -2.31. The highest BCUT2D eigenvalue weighted by molar-refractivity contribution is 9.10. The van der Waals surface area contributed by atoms with Gasteiger partial charge >= 0.3 is 0 Å². The van der Waals surface area contributed by atoms with E-state index in [0.717, 1.165) is 15.7 Å². The van der Waals surface area contributed by atoms with E-state index >= 15 is 0 Å². The van der Waals surface area contributed by atoms with E-state index in [2.05, 4.69) is 15.9 Å². The quantitative estimate of drug-likeness (QED) is 0.754. The summed E-state index contributed by atoms with van der Waals surface area (Å²) < 4.78 is 0.787. The van der Waals surface area contributed by atoms with Crippen LogP contribution in [0.1, 0.15) is 22.8 Å². The first kappa shape index (κ1) is 15.1. The molecule has 2 rings (SSSR count). The van der Waals surface area contributed by atoms with Crippen molar-refractivity contribution in [1.29, 1.82) is 0 Å². The highest BCUT2D eigenvalue weighted by Crippen LogP contribution is 2.26. The van der Waals surface area contributed by atoms with Crippen molar-refractivity contribution in [3.63, 3.8) is 0 Å². The maximum Gasteiger partial charge on any atom is 0.258 e. The van der Waals surface area contributed by atoms with Crippen LogP contribution >= 0.6 is 27.5 Å². The van der Waals surface area contributed by atoms with Crippen molar-refractivity contribution < 1.29 is 4.79 Å². The average Bonchev–Trinajstić information content (AvgIpc) is 2.44. The molecule has 2 aromatic carbocycles. The molecular weight excluding hydrogens is 338 g/mol. The highest BCUT2D eigenvalue weighted by atomic mass is 79.9. The standard InChI is InChI=1S/C16H15BrClNO/c1-3-19(15-7-5-4-6-11(15)2)16(20)12-8-9-13(17)14(18)10-12/h4-10H,3H2,1-2H3. The Hall–Kier alpha value is -1.32. The largest absolute Gasteiger partial charge is 0.308 e. The van der Waals surface area contributed by atoms with Crippen molar-refractivity contribution >= 4 is 39.1 Å². The molecule has 0 N–H and O–H groups in total. The lowest BCUT2D eigenvalue weighted by Gasteiger charge is -2.23. The predicted octanol–water partition coefficient (Wildman–Crippen LogP) is 5.08. The number of carbonyl (C=O) groups is 1. The van der Waals surface area contributed by atoms with Crippen molar-refractivity contribution in [1.82, 2.24) is 0 Å². The third-order valence-corrected chi connectivity index (χ3v) is 4.37. The zero-order valence-electron chi connectivity index (χ0n) is 11.4.